The molecular weight excluding hydrogens is 396 g/mol. The molecule has 7 nitrogen and oxygen atoms in total. The summed E-state index contributed by atoms with van der Waals surface area (Å²) in [5, 5.41) is 9.39. The van der Waals surface area contributed by atoms with E-state index in [1.165, 1.54) is 43.4 Å². The van der Waals surface area contributed by atoms with E-state index in [2.05, 4.69) is 0 Å². The van der Waals surface area contributed by atoms with Crippen molar-refractivity contribution in [3.8, 4) is 23.3 Å². The summed E-state index contributed by atoms with van der Waals surface area (Å²) >= 11 is 6.03. The summed E-state index contributed by atoms with van der Waals surface area (Å²) in [4.78, 5) is 27.3. The van der Waals surface area contributed by atoms with Crippen LogP contribution in [-0.2, 0) is 4.79 Å². The van der Waals surface area contributed by atoms with Gasteiger partial charge in [-0.15, -0.1) is 0 Å². The molecule has 2 aromatic rings. The van der Waals surface area contributed by atoms with Crippen LogP contribution in [0.1, 0.15) is 28.8 Å². The van der Waals surface area contributed by atoms with Gasteiger partial charge in [0.1, 0.15) is 11.8 Å². The zero-order valence-corrected chi connectivity index (χ0v) is 16.7. The second kappa shape index (κ2) is 8.84. The van der Waals surface area contributed by atoms with E-state index in [1.54, 1.807) is 12.1 Å². The minimum absolute atomic E-state index is 0.191. The first-order valence-corrected chi connectivity index (χ1v) is 9.30. The van der Waals surface area contributed by atoms with Crippen molar-refractivity contribution in [3.63, 3.8) is 0 Å². The largest absolute Gasteiger partial charge is 0.496 e. The number of esters is 1. The van der Waals surface area contributed by atoms with Gasteiger partial charge in [0.25, 0.3) is 5.91 Å². The number of ether oxygens (including phenoxy) is 3. The van der Waals surface area contributed by atoms with Gasteiger partial charge >= 0.3 is 5.97 Å². The number of amides is 1. The summed E-state index contributed by atoms with van der Waals surface area (Å²) in [5.74, 6) is -0.0801. The van der Waals surface area contributed by atoms with E-state index in [0.717, 1.165) is 0 Å². The van der Waals surface area contributed by atoms with Gasteiger partial charge in [-0.1, -0.05) is 11.6 Å². The molecule has 1 saturated heterocycles. The summed E-state index contributed by atoms with van der Waals surface area (Å²) in [5.41, 5.74) is 0.669. The van der Waals surface area contributed by atoms with E-state index in [1.807, 2.05) is 6.07 Å². The van der Waals surface area contributed by atoms with Crippen LogP contribution in [0.4, 0.5) is 0 Å². The van der Waals surface area contributed by atoms with Crippen molar-refractivity contribution < 1.29 is 23.8 Å². The topological polar surface area (TPSA) is 88.9 Å². The quantitative estimate of drug-likeness (QED) is 0.550. The first-order chi connectivity index (χ1) is 14.0. The lowest BCUT2D eigenvalue weighted by Gasteiger charge is -2.24. The highest BCUT2D eigenvalue weighted by atomic mass is 35.5. The van der Waals surface area contributed by atoms with E-state index in [9.17, 15) is 9.59 Å². The minimum Gasteiger partial charge on any atom is -0.496 e. The number of hydrogen-bond donors (Lipinski definition) is 0. The van der Waals surface area contributed by atoms with Crippen LogP contribution in [0, 0.1) is 11.3 Å². The van der Waals surface area contributed by atoms with Crippen LogP contribution < -0.4 is 14.2 Å². The second-order valence-electron chi connectivity index (χ2n) is 6.40. The fourth-order valence-electron chi connectivity index (χ4n) is 3.25. The molecule has 1 unspecified atom stereocenters. The molecule has 0 radical (unpaired) electrons. The zero-order valence-electron chi connectivity index (χ0n) is 16.0. The van der Waals surface area contributed by atoms with Crippen molar-refractivity contribution in [1.29, 1.82) is 5.26 Å². The average Bonchev–Trinajstić information content (AvgIpc) is 3.23. The van der Waals surface area contributed by atoms with Crippen molar-refractivity contribution in [2.24, 2.45) is 0 Å². The second-order valence-corrected chi connectivity index (χ2v) is 6.84. The molecule has 1 amide bonds. The molecule has 2 aromatic carbocycles. The van der Waals surface area contributed by atoms with Crippen LogP contribution in [0.2, 0.25) is 5.02 Å². The van der Waals surface area contributed by atoms with Gasteiger partial charge in [0.15, 0.2) is 11.5 Å². The Labute approximate surface area is 173 Å². The van der Waals surface area contributed by atoms with Crippen LogP contribution in [0.5, 0.6) is 17.2 Å². The summed E-state index contributed by atoms with van der Waals surface area (Å²) in [6, 6.07) is 10.5. The maximum absolute atomic E-state index is 13.1. The zero-order chi connectivity index (χ0) is 21.0. The molecule has 29 heavy (non-hydrogen) atoms. The predicted molar refractivity (Wildman–Crippen MR) is 105 cm³/mol. The number of halogens is 1. The normalized spacial score (nSPS) is 15.5. The van der Waals surface area contributed by atoms with E-state index in [-0.39, 0.29) is 23.0 Å². The highest BCUT2D eigenvalue weighted by Gasteiger charge is 2.37. The van der Waals surface area contributed by atoms with E-state index >= 15 is 0 Å². The Balaban J connectivity index is 1.82. The fraction of sp³-hybridized carbons (Fsp3) is 0.286. The molecule has 0 bridgehead atoms. The van der Waals surface area contributed by atoms with Gasteiger partial charge < -0.3 is 19.1 Å². The van der Waals surface area contributed by atoms with Crippen LogP contribution in [0.15, 0.2) is 36.4 Å². The molecule has 8 heteroatoms. The first-order valence-electron chi connectivity index (χ1n) is 8.92. The van der Waals surface area contributed by atoms with Gasteiger partial charge in [-0.25, -0.2) is 4.79 Å². The molecule has 1 heterocycles. The van der Waals surface area contributed by atoms with E-state index < -0.39 is 12.0 Å². The summed E-state index contributed by atoms with van der Waals surface area (Å²) in [6.07, 6.45) is 1.14. The van der Waals surface area contributed by atoms with Crippen molar-refractivity contribution >= 4 is 23.5 Å². The predicted octanol–water partition coefficient (Wildman–Crippen LogP) is 3.44. The Hall–Kier alpha value is -3.24. The average molecular weight is 415 g/mol. The Morgan fingerprint density at radius 2 is 1.83 bits per heavy atom. The number of nitriles is 1. The number of nitrogens with zero attached hydrogens (tertiary/aromatic N) is 2. The number of hydrogen-bond acceptors (Lipinski definition) is 6. The fourth-order valence-corrected chi connectivity index (χ4v) is 3.43. The standard InChI is InChI=1S/C21H19ClN2O5/c1-27-17-8-6-14(22)11-15(17)20(25)24-9-3-4-16(24)21(26)29-18-7-5-13(12-23)10-19(18)28-2/h5-8,10-11,16H,3-4,9H2,1-2H3. The Bertz CT molecular complexity index is 986. The molecule has 1 fully saturated rings. The maximum atomic E-state index is 13.1. The van der Waals surface area contributed by atoms with Crippen LogP contribution in [0.3, 0.4) is 0 Å². The highest BCUT2D eigenvalue weighted by molar-refractivity contribution is 6.31. The van der Waals surface area contributed by atoms with Crippen molar-refractivity contribution in [3.05, 3.63) is 52.5 Å². The number of methoxy groups -OCH3 is 2. The van der Waals surface area contributed by atoms with E-state index in [0.29, 0.717) is 35.7 Å². The van der Waals surface area contributed by atoms with Gasteiger partial charge in [0.2, 0.25) is 0 Å². The van der Waals surface area contributed by atoms with Crippen LogP contribution in [0.25, 0.3) is 0 Å². The van der Waals surface area contributed by atoms with Crippen LogP contribution in [-0.4, -0.2) is 43.6 Å². The molecular formula is C21H19ClN2O5. The van der Waals surface area contributed by atoms with Crippen molar-refractivity contribution in [2.75, 3.05) is 20.8 Å². The molecule has 0 N–H and O–H groups in total. The first kappa shape index (κ1) is 20.5. The summed E-state index contributed by atoms with van der Waals surface area (Å²) in [6.45, 7) is 0.415. The van der Waals surface area contributed by atoms with Gasteiger partial charge in [0.05, 0.1) is 31.4 Å². The summed E-state index contributed by atoms with van der Waals surface area (Å²) < 4.78 is 15.9. The third kappa shape index (κ3) is 4.28. The number of likely N-dealkylation sites (tertiary alicyclic amines) is 1. The van der Waals surface area contributed by atoms with Gasteiger partial charge in [-0.2, -0.15) is 5.26 Å². The lowest BCUT2D eigenvalue weighted by molar-refractivity contribution is -0.138. The highest BCUT2D eigenvalue weighted by Crippen LogP contribution is 2.31. The number of rotatable bonds is 5. The van der Waals surface area contributed by atoms with Gasteiger partial charge in [-0.05, 0) is 43.2 Å². The summed E-state index contributed by atoms with van der Waals surface area (Å²) in [7, 11) is 2.89. The molecule has 1 atom stereocenters. The monoisotopic (exact) mass is 414 g/mol. The molecule has 1 aliphatic rings. The Morgan fingerprint density at radius 1 is 1.10 bits per heavy atom. The van der Waals surface area contributed by atoms with E-state index in [4.69, 9.17) is 31.1 Å². The van der Waals surface area contributed by atoms with Crippen molar-refractivity contribution in [1.82, 2.24) is 4.90 Å². The molecule has 0 aliphatic carbocycles. The Kier molecular flexibility index (Phi) is 6.25. The molecule has 3 rings (SSSR count). The molecule has 0 saturated carbocycles. The molecule has 0 spiro atoms. The smallest absolute Gasteiger partial charge is 0.334 e. The maximum Gasteiger partial charge on any atom is 0.334 e. The van der Waals surface area contributed by atoms with Crippen molar-refractivity contribution in [2.45, 2.75) is 18.9 Å². The lowest BCUT2D eigenvalue weighted by atomic mass is 10.1. The molecule has 0 aromatic heterocycles. The number of benzene rings is 2. The lowest BCUT2D eigenvalue weighted by Crippen LogP contribution is -2.42. The number of carbonyl (C=O) groups excluding carboxylic acids is 2. The van der Waals surface area contributed by atoms with Gasteiger partial charge in [-0.3, -0.25) is 4.79 Å². The molecule has 150 valence electrons. The van der Waals surface area contributed by atoms with Crippen LogP contribution >= 0.6 is 11.6 Å². The van der Waals surface area contributed by atoms with Gasteiger partial charge in [0, 0.05) is 17.6 Å². The SMILES string of the molecule is COc1cc(C#N)ccc1OC(=O)C1CCCN1C(=O)c1cc(Cl)ccc1OC. The number of carbonyl (C=O) groups is 2. The molecule has 1 aliphatic heterocycles. The minimum atomic E-state index is -0.744. The third-order valence-corrected chi connectivity index (χ3v) is 4.92. The third-order valence-electron chi connectivity index (χ3n) is 4.68. The Morgan fingerprint density at radius 3 is 2.52 bits per heavy atom.